The summed E-state index contributed by atoms with van der Waals surface area (Å²) in [4.78, 5) is 24.7. The third kappa shape index (κ3) is 3.95. The summed E-state index contributed by atoms with van der Waals surface area (Å²) in [5, 5.41) is 8.87. The summed E-state index contributed by atoms with van der Waals surface area (Å²) >= 11 is 0. The quantitative estimate of drug-likeness (QED) is 0.923. The number of likely N-dealkylation sites (N-methyl/N-ethyl adjacent to an activating group) is 1. The summed E-state index contributed by atoms with van der Waals surface area (Å²) in [7, 11) is 1.76. The molecule has 2 aromatic carbocycles. The number of aryl methyl sites for hydroxylation is 1. The number of amides is 1. The minimum atomic E-state index is -0.949. The van der Waals surface area contributed by atoms with E-state index in [1.54, 1.807) is 36.2 Å². The Balaban J connectivity index is 1.99. The van der Waals surface area contributed by atoms with Crippen LogP contribution in [0.4, 0.5) is 0 Å². The zero-order valence-electron chi connectivity index (χ0n) is 12.7. The van der Waals surface area contributed by atoms with E-state index in [4.69, 9.17) is 5.11 Å². The van der Waals surface area contributed by atoms with Gasteiger partial charge < -0.3 is 10.0 Å². The van der Waals surface area contributed by atoms with E-state index in [0.29, 0.717) is 13.0 Å². The van der Waals surface area contributed by atoms with Crippen molar-refractivity contribution in [3.05, 3.63) is 70.8 Å². The highest BCUT2D eigenvalue weighted by Crippen LogP contribution is 2.11. The predicted octanol–water partition coefficient (Wildman–Crippen LogP) is 2.89. The molecule has 0 aliphatic carbocycles. The highest BCUT2D eigenvalue weighted by atomic mass is 16.4. The van der Waals surface area contributed by atoms with Gasteiger partial charge in [-0.1, -0.05) is 36.4 Å². The zero-order chi connectivity index (χ0) is 16.1. The largest absolute Gasteiger partial charge is 0.478 e. The second-order valence-electron chi connectivity index (χ2n) is 5.36. The molecule has 4 heteroatoms. The third-order valence-electron chi connectivity index (χ3n) is 3.65. The SMILES string of the molecule is Cc1ccccc1CC(=O)N(C)Cc1ccc(C(=O)O)cc1. The number of carbonyl (C=O) groups is 2. The van der Waals surface area contributed by atoms with E-state index in [0.717, 1.165) is 16.7 Å². The van der Waals surface area contributed by atoms with Crippen LogP contribution in [-0.4, -0.2) is 28.9 Å². The number of carbonyl (C=O) groups excluding carboxylic acids is 1. The fourth-order valence-electron chi connectivity index (χ4n) is 2.22. The van der Waals surface area contributed by atoms with E-state index in [-0.39, 0.29) is 11.5 Å². The standard InChI is InChI=1S/C18H19NO3/c1-13-5-3-4-6-16(13)11-17(20)19(2)12-14-7-9-15(10-8-14)18(21)22/h3-10H,11-12H2,1-2H3,(H,21,22). The van der Waals surface area contributed by atoms with Crippen LogP contribution in [0.2, 0.25) is 0 Å². The van der Waals surface area contributed by atoms with Gasteiger partial charge in [0.2, 0.25) is 5.91 Å². The van der Waals surface area contributed by atoms with Crippen LogP contribution < -0.4 is 0 Å². The molecule has 0 aliphatic heterocycles. The lowest BCUT2D eigenvalue weighted by Crippen LogP contribution is -2.27. The van der Waals surface area contributed by atoms with Gasteiger partial charge in [0.15, 0.2) is 0 Å². The number of carboxylic acid groups (broad SMARTS) is 1. The smallest absolute Gasteiger partial charge is 0.335 e. The van der Waals surface area contributed by atoms with Crippen LogP contribution in [-0.2, 0) is 17.8 Å². The van der Waals surface area contributed by atoms with Crippen molar-refractivity contribution in [2.24, 2.45) is 0 Å². The Kier molecular flexibility index (Phi) is 4.94. The monoisotopic (exact) mass is 297 g/mol. The lowest BCUT2D eigenvalue weighted by Gasteiger charge is -2.18. The van der Waals surface area contributed by atoms with Gasteiger partial charge in [0.1, 0.15) is 0 Å². The summed E-state index contributed by atoms with van der Waals surface area (Å²) in [5.74, 6) is -0.910. The van der Waals surface area contributed by atoms with Gasteiger partial charge in [-0.2, -0.15) is 0 Å². The van der Waals surface area contributed by atoms with Gasteiger partial charge in [-0.25, -0.2) is 4.79 Å². The van der Waals surface area contributed by atoms with Gasteiger partial charge in [0.05, 0.1) is 12.0 Å². The number of rotatable bonds is 5. The Morgan fingerprint density at radius 2 is 1.68 bits per heavy atom. The molecular weight excluding hydrogens is 278 g/mol. The number of hydrogen-bond acceptors (Lipinski definition) is 2. The molecule has 0 fully saturated rings. The van der Waals surface area contributed by atoms with Crippen molar-refractivity contribution in [2.75, 3.05) is 7.05 Å². The van der Waals surface area contributed by atoms with E-state index < -0.39 is 5.97 Å². The molecule has 0 bridgehead atoms. The molecule has 2 rings (SSSR count). The van der Waals surface area contributed by atoms with Crippen molar-refractivity contribution >= 4 is 11.9 Å². The number of aromatic carboxylic acids is 1. The highest BCUT2D eigenvalue weighted by Gasteiger charge is 2.12. The lowest BCUT2D eigenvalue weighted by atomic mass is 10.1. The number of benzene rings is 2. The van der Waals surface area contributed by atoms with E-state index in [1.165, 1.54) is 0 Å². The summed E-state index contributed by atoms with van der Waals surface area (Å²) in [6.07, 6.45) is 0.371. The van der Waals surface area contributed by atoms with Gasteiger partial charge in [-0.15, -0.1) is 0 Å². The van der Waals surface area contributed by atoms with Crippen LogP contribution in [0.3, 0.4) is 0 Å². The van der Waals surface area contributed by atoms with Crippen molar-refractivity contribution in [1.82, 2.24) is 4.90 Å². The molecule has 0 radical (unpaired) electrons. The molecule has 0 spiro atoms. The molecule has 0 saturated carbocycles. The lowest BCUT2D eigenvalue weighted by molar-refractivity contribution is -0.129. The van der Waals surface area contributed by atoms with Gasteiger partial charge >= 0.3 is 5.97 Å². The normalized spacial score (nSPS) is 10.3. The molecule has 4 nitrogen and oxygen atoms in total. The second kappa shape index (κ2) is 6.89. The van der Waals surface area contributed by atoms with E-state index >= 15 is 0 Å². The Hall–Kier alpha value is -2.62. The van der Waals surface area contributed by atoms with Gasteiger partial charge in [-0.3, -0.25) is 4.79 Å². The molecule has 2 aromatic rings. The van der Waals surface area contributed by atoms with E-state index in [2.05, 4.69) is 0 Å². The molecule has 1 N–H and O–H groups in total. The fourth-order valence-corrected chi connectivity index (χ4v) is 2.22. The minimum Gasteiger partial charge on any atom is -0.478 e. The topological polar surface area (TPSA) is 57.6 Å². The Morgan fingerprint density at radius 1 is 1.05 bits per heavy atom. The number of carboxylic acids is 1. The van der Waals surface area contributed by atoms with Crippen molar-refractivity contribution in [1.29, 1.82) is 0 Å². The van der Waals surface area contributed by atoms with Crippen LogP contribution in [0.1, 0.15) is 27.0 Å². The van der Waals surface area contributed by atoms with Gasteiger partial charge in [0.25, 0.3) is 0 Å². The average molecular weight is 297 g/mol. The van der Waals surface area contributed by atoms with Crippen molar-refractivity contribution in [3.8, 4) is 0 Å². The molecule has 0 aliphatic rings. The van der Waals surface area contributed by atoms with Gasteiger partial charge in [0, 0.05) is 13.6 Å². The highest BCUT2D eigenvalue weighted by molar-refractivity contribution is 5.87. The van der Waals surface area contributed by atoms with Crippen LogP contribution in [0.25, 0.3) is 0 Å². The third-order valence-corrected chi connectivity index (χ3v) is 3.65. The maximum absolute atomic E-state index is 12.3. The first-order chi connectivity index (χ1) is 10.5. The van der Waals surface area contributed by atoms with Crippen LogP contribution in [0.15, 0.2) is 48.5 Å². The molecule has 22 heavy (non-hydrogen) atoms. The molecule has 0 unspecified atom stereocenters. The second-order valence-corrected chi connectivity index (χ2v) is 5.36. The Morgan fingerprint density at radius 3 is 2.27 bits per heavy atom. The summed E-state index contributed by atoms with van der Waals surface area (Å²) in [6, 6.07) is 14.4. The first-order valence-corrected chi connectivity index (χ1v) is 7.08. The predicted molar refractivity (Wildman–Crippen MR) is 84.8 cm³/mol. The molecule has 0 aromatic heterocycles. The first-order valence-electron chi connectivity index (χ1n) is 7.08. The van der Waals surface area contributed by atoms with Crippen LogP contribution in [0.5, 0.6) is 0 Å². The zero-order valence-corrected chi connectivity index (χ0v) is 12.7. The molecule has 114 valence electrons. The van der Waals surface area contributed by atoms with E-state index in [1.807, 2.05) is 31.2 Å². The molecule has 0 atom stereocenters. The summed E-state index contributed by atoms with van der Waals surface area (Å²) in [6.45, 7) is 2.46. The van der Waals surface area contributed by atoms with Crippen molar-refractivity contribution in [2.45, 2.75) is 19.9 Å². The van der Waals surface area contributed by atoms with Crippen LogP contribution in [0, 0.1) is 6.92 Å². The van der Waals surface area contributed by atoms with Crippen molar-refractivity contribution in [3.63, 3.8) is 0 Å². The average Bonchev–Trinajstić information content (AvgIpc) is 2.50. The Bertz CT molecular complexity index is 677. The fraction of sp³-hybridized carbons (Fsp3) is 0.222. The molecule has 0 heterocycles. The maximum atomic E-state index is 12.3. The molecule has 0 saturated heterocycles. The van der Waals surface area contributed by atoms with Crippen molar-refractivity contribution < 1.29 is 14.7 Å². The molecular formula is C18H19NO3. The maximum Gasteiger partial charge on any atom is 0.335 e. The molecule has 1 amide bonds. The van der Waals surface area contributed by atoms with Gasteiger partial charge in [-0.05, 0) is 35.7 Å². The minimum absolute atomic E-state index is 0.0385. The summed E-state index contributed by atoms with van der Waals surface area (Å²) < 4.78 is 0. The van der Waals surface area contributed by atoms with Crippen LogP contribution >= 0.6 is 0 Å². The van der Waals surface area contributed by atoms with E-state index in [9.17, 15) is 9.59 Å². The first kappa shape index (κ1) is 15.8. The summed E-state index contributed by atoms with van der Waals surface area (Å²) in [5.41, 5.74) is 3.29. The number of hydrogen-bond donors (Lipinski definition) is 1. The number of nitrogens with zero attached hydrogens (tertiary/aromatic N) is 1. The Labute approximate surface area is 130 Å².